The van der Waals surface area contributed by atoms with Gasteiger partial charge in [-0.15, -0.1) is 0 Å². The summed E-state index contributed by atoms with van der Waals surface area (Å²) in [7, 11) is 0. The molecule has 1 aromatic heterocycles. The van der Waals surface area contributed by atoms with Gasteiger partial charge < -0.3 is 9.84 Å². The van der Waals surface area contributed by atoms with Gasteiger partial charge in [-0.25, -0.2) is 0 Å². The second-order valence-electron chi connectivity index (χ2n) is 6.14. The fourth-order valence-corrected chi connectivity index (χ4v) is 3.55. The summed E-state index contributed by atoms with van der Waals surface area (Å²) in [5, 5.41) is 15.6. The first kappa shape index (κ1) is 14.7. The Kier molecular flexibility index (Phi) is 3.65. The monoisotopic (exact) mass is 323 g/mol. The molecule has 4 rings (SSSR count). The van der Waals surface area contributed by atoms with E-state index in [1.165, 1.54) is 11.6 Å². The molecule has 1 aliphatic heterocycles. The number of furan rings is 1. The maximum absolute atomic E-state index is 11.0. The predicted molar refractivity (Wildman–Crippen MR) is 90.4 cm³/mol. The van der Waals surface area contributed by atoms with Crippen LogP contribution in [-0.2, 0) is 0 Å². The molecule has 2 atom stereocenters. The number of benzene rings is 1. The number of non-ortho nitro benzene ring substituents is 1. The molecule has 2 heterocycles. The van der Waals surface area contributed by atoms with Crippen molar-refractivity contribution in [1.82, 2.24) is 5.43 Å². The first-order valence-corrected chi connectivity index (χ1v) is 8.04. The highest BCUT2D eigenvalue weighted by atomic mass is 16.6. The average molecular weight is 323 g/mol. The first-order chi connectivity index (χ1) is 11.7. The van der Waals surface area contributed by atoms with E-state index >= 15 is 0 Å². The number of hydrogen-bond donors (Lipinski definition) is 1. The van der Waals surface area contributed by atoms with Crippen LogP contribution in [0.1, 0.15) is 36.6 Å². The number of fused-ring (bicyclic) bond motifs is 1. The van der Waals surface area contributed by atoms with E-state index in [2.05, 4.69) is 10.5 Å². The summed E-state index contributed by atoms with van der Waals surface area (Å²) >= 11 is 0. The van der Waals surface area contributed by atoms with Crippen molar-refractivity contribution in [3.8, 4) is 0 Å². The van der Waals surface area contributed by atoms with Crippen molar-refractivity contribution in [2.45, 2.75) is 25.3 Å². The smallest absolute Gasteiger partial charge is 0.269 e. The van der Waals surface area contributed by atoms with Crippen LogP contribution in [0.5, 0.6) is 0 Å². The number of rotatable bonds is 3. The van der Waals surface area contributed by atoms with Crippen LogP contribution in [0.25, 0.3) is 6.08 Å². The lowest BCUT2D eigenvalue weighted by Crippen LogP contribution is -2.25. The van der Waals surface area contributed by atoms with Crippen molar-refractivity contribution in [2.75, 3.05) is 0 Å². The van der Waals surface area contributed by atoms with E-state index < -0.39 is 0 Å². The Labute approximate surface area is 139 Å². The minimum Gasteiger partial charge on any atom is -0.465 e. The second kappa shape index (κ2) is 5.96. The van der Waals surface area contributed by atoms with Crippen LogP contribution in [0.3, 0.4) is 0 Å². The lowest BCUT2D eigenvalue weighted by Gasteiger charge is -2.26. The molecule has 0 saturated heterocycles. The fourth-order valence-electron chi connectivity index (χ4n) is 3.55. The molecule has 1 saturated carbocycles. The van der Waals surface area contributed by atoms with Crippen molar-refractivity contribution >= 4 is 17.5 Å². The molecule has 0 bridgehead atoms. The molecule has 0 spiro atoms. The zero-order valence-electron chi connectivity index (χ0n) is 13.0. The number of nitrogens with zero attached hydrogens (tertiary/aromatic N) is 2. The molecular formula is C18H17N3O3. The van der Waals surface area contributed by atoms with Gasteiger partial charge in [-0.2, -0.15) is 5.10 Å². The summed E-state index contributed by atoms with van der Waals surface area (Å²) in [5.41, 5.74) is 6.44. The van der Waals surface area contributed by atoms with Crippen molar-refractivity contribution in [3.05, 3.63) is 69.7 Å². The predicted octanol–water partition coefficient (Wildman–Crippen LogP) is 4.07. The molecule has 0 radical (unpaired) electrons. The number of nitro benzene ring substituents is 1. The highest BCUT2D eigenvalue weighted by Gasteiger charge is 2.37. The van der Waals surface area contributed by atoms with Gasteiger partial charge in [0.15, 0.2) is 0 Å². The third kappa shape index (κ3) is 2.60. The molecular weight excluding hydrogens is 306 g/mol. The third-order valence-corrected chi connectivity index (χ3v) is 4.67. The Morgan fingerprint density at radius 3 is 3.04 bits per heavy atom. The van der Waals surface area contributed by atoms with E-state index in [0.717, 1.165) is 36.3 Å². The van der Waals surface area contributed by atoms with Gasteiger partial charge in [0, 0.05) is 18.1 Å². The number of nitrogens with one attached hydrogen (secondary N) is 1. The molecule has 0 amide bonds. The Morgan fingerprint density at radius 1 is 1.33 bits per heavy atom. The minimum absolute atomic E-state index is 0.0137. The first-order valence-electron chi connectivity index (χ1n) is 8.04. The van der Waals surface area contributed by atoms with Crippen molar-refractivity contribution in [2.24, 2.45) is 11.0 Å². The van der Waals surface area contributed by atoms with Crippen molar-refractivity contribution in [3.63, 3.8) is 0 Å². The van der Waals surface area contributed by atoms with Gasteiger partial charge in [-0.1, -0.05) is 12.1 Å². The topological polar surface area (TPSA) is 80.7 Å². The van der Waals surface area contributed by atoms with E-state index in [4.69, 9.17) is 4.42 Å². The van der Waals surface area contributed by atoms with Crippen LogP contribution >= 0.6 is 0 Å². The molecule has 1 N–H and O–H groups in total. The Hall–Kier alpha value is -2.89. The number of allylic oxidation sites excluding steroid dienone is 1. The van der Waals surface area contributed by atoms with Crippen LogP contribution in [0.15, 0.2) is 57.8 Å². The summed E-state index contributed by atoms with van der Waals surface area (Å²) in [5.74, 6) is 1.06. The van der Waals surface area contributed by atoms with Gasteiger partial charge in [0.25, 0.3) is 5.69 Å². The standard InChI is InChI=1S/C18H17N3O3/c22-21(23)14-6-1-4-12(10-14)17-16-8-2-5-13(18(16)20-19-17)11-15-7-3-9-24-15/h1,3-4,6-7,9-11,16-17,19H,2,5,8H2/t16-,17-/m1/s1. The Balaban J connectivity index is 1.62. The van der Waals surface area contributed by atoms with Crippen LogP contribution < -0.4 is 5.43 Å². The van der Waals surface area contributed by atoms with Crippen molar-refractivity contribution in [1.29, 1.82) is 0 Å². The molecule has 24 heavy (non-hydrogen) atoms. The van der Waals surface area contributed by atoms with E-state index in [0.29, 0.717) is 0 Å². The van der Waals surface area contributed by atoms with E-state index in [-0.39, 0.29) is 22.6 Å². The maximum atomic E-state index is 11.0. The van der Waals surface area contributed by atoms with E-state index in [1.54, 1.807) is 18.4 Å². The summed E-state index contributed by atoms with van der Waals surface area (Å²) in [6.45, 7) is 0. The van der Waals surface area contributed by atoms with Gasteiger partial charge in [-0.3, -0.25) is 10.1 Å². The molecule has 1 aliphatic carbocycles. The van der Waals surface area contributed by atoms with E-state index in [9.17, 15) is 10.1 Å². The van der Waals surface area contributed by atoms with Gasteiger partial charge in [0.1, 0.15) is 5.76 Å². The van der Waals surface area contributed by atoms with Gasteiger partial charge in [0.2, 0.25) is 0 Å². The van der Waals surface area contributed by atoms with Crippen LogP contribution in [0, 0.1) is 16.0 Å². The zero-order valence-corrected chi connectivity index (χ0v) is 13.0. The molecule has 6 nitrogen and oxygen atoms in total. The van der Waals surface area contributed by atoms with Crippen LogP contribution in [0.4, 0.5) is 5.69 Å². The summed E-state index contributed by atoms with van der Waals surface area (Å²) in [6, 6.07) is 10.6. The normalized spacial score (nSPS) is 24.3. The number of hydrazone groups is 1. The molecule has 6 heteroatoms. The quantitative estimate of drug-likeness (QED) is 0.682. The minimum atomic E-state index is -0.358. The lowest BCUT2D eigenvalue weighted by molar-refractivity contribution is -0.384. The van der Waals surface area contributed by atoms with Gasteiger partial charge in [0.05, 0.1) is 22.9 Å². The Morgan fingerprint density at radius 2 is 2.25 bits per heavy atom. The summed E-state index contributed by atoms with van der Waals surface area (Å²) in [4.78, 5) is 10.7. The average Bonchev–Trinajstić information content (AvgIpc) is 3.25. The van der Waals surface area contributed by atoms with Crippen LogP contribution in [-0.4, -0.2) is 10.6 Å². The molecule has 122 valence electrons. The SMILES string of the molecule is O=[N+]([O-])c1cccc([C@H]2NN=C3C(=Cc4ccco4)CCC[C@@H]32)c1. The number of nitro groups is 1. The largest absolute Gasteiger partial charge is 0.465 e. The van der Waals surface area contributed by atoms with Gasteiger partial charge >= 0.3 is 0 Å². The second-order valence-corrected chi connectivity index (χ2v) is 6.14. The van der Waals surface area contributed by atoms with Crippen LogP contribution in [0.2, 0.25) is 0 Å². The third-order valence-electron chi connectivity index (χ3n) is 4.67. The molecule has 2 aliphatic rings. The molecule has 2 aromatic rings. The molecule has 1 fully saturated rings. The summed E-state index contributed by atoms with van der Waals surface area (Å²) in [6.07, 6.45) is 6.77. The highest BCUT2D eigenvalue weighted by molar-refractivity contribution is 6.06. The Bertz CT molecular complexity index is 824. The highest BCUT2D eigenvalue weighted by Crippen LogP contribution is 2.39. The summed E-state index contributed by atoms with van der Waals surface area (Å²) < 4.78 is 5.41. The molecule has 1 aromatic carbocycles. The number of hydrogen-bond acceptors (Lipinski definition) is 5. The van der Waals surface area contributed by atoms with Gasteiger partial charge in [-0.05, 0) is 48.6 Å². The zero-order chi connectivity index (χ0) is 16.5. The van der Waals surface area contributed by atoms with E-state index in [1.807, 2.05) is 24.3 Å². The lowest BCUT2D eigenvalue weighted by atomic mass is 9.78. The molecule has 0 unspecified atom stereocenters. The fraction of sp³-hybridized carbons (Fsp3) is 0.278. The maximum Gasteiger partial charge on any atom is 0.269 e. The van der Waals surface area contributed by atoms with Crippen molar-refractivity contribution < 1.29 is 9.34 Å².